The SMILES string of the molecule is C=Cc1ccc(CC2(Cc3ccc(C=C)cc3)c3cc(C)ccc3-c3ccc(-c4ccc5c(c4)c4cc(C)ccc4n5-c4ccc5c(c4)C(c4ccccc4)(c4ccccc4)c4cc(N(c6ccc(CCCC)cc6)c6ccc(CCCC)cc6)ccc4-5)cc32)cc1. The van der Waals surface area contributed by atoms with E-state index in [0.717, 1.165) is 59.6 Å². The Morgan fingerprint density at radius 1 is 0.380 bits per heavy atom. The minimum atomic E-state index is -0.660. The topological polar surface area (TPSA) is 8.17 Å². The van der Waals surface area contributed by atoms with E-state index in [2.05, 4.69) is 317 Å². The van der Waals surface area contributed by atoms with Crippen LogP contribution in [0.15, 0.2) is 280 Å². The molecule has 1 heterocycles. The highest BCUT2D eigenvalue weighted by atomic mass is 15.1. The summed E-state index contributed by atoms with van der Waals surface area (Å²) in [7, 11) is 0. The lowest BCUT2D eigenvalue weighted by Crippen LogP contribution is -2.31. The van der Waals surface area contributed by atoms with Gasteiger partial charge in [0.2, 0.25) is 0 Å². The van der Waals surface area contributed by atoms with Gasteiger partial charge in [-0.1, -0.05) is 251 Å². The second kappa shape index (κ2) is 24.2. The van der Waals surface area contributed by atoms with Crippen LogP contribution in [0.1, 0.15) is 117 Å². The van der Waals surface area contributed by atoms with Crippen molar-refractivity contribution in [2.75, 3.05) is 4.90 Å². The van der Waals surface area contributed by atoms with Crippen molar-refractivity contribution in [3.8, 4) is 39.1 Å². The minimum absolute atomic E-state index is 0.335. The Balaban J connectivity index is 0.889. The van der Waals surface area contributed by atoms with Crippen LogP contribution in [-0.2, 0) is 36.5 Å². The maximum atomic E-state index is 4.08. The molecule has 0 N–H and O–H groups in total. The molecule has 2 nitrogen and oxygen atoms in total. The Bertz CT molecular complexity index is 4760. The average molecular weight is 1190 g/mol. The van der Waals surface area contributed by atoms with Gasteiger partial charge in [0.25, 0.3) is 0 Å². The third kappa shape index (κ3) is 10.0. The highest BCUT2D eigenvalue weighted by Gasteiger charge is 2.47. The summed E-state index contributed by atoms with van der Waals surface area (Å²) >= 11 is 0. The summed E-state index contributed by atoms with van der Waals surface area (Å²) in [5.74, 6) is 0. The van der Waals surface area contributed by atoms with E-state index in [9.17, 15) is 0 Å². The van der Waals surface area contributed by atoms with Gasteiger partial charge in [0, 0.05) is 38.9 Å². The van der Waals surface area contributed by atoms with Crippen molar-refractivity contribution < 1.29 is 0 Å². The summed E-state index contributed by atoms with van der Waals surface area (Å²) in [6, 6.07) is 103. The van der Waals surface area contributed by atoms with E-state index in [-0.39, 0.29) is 5.41 Å². The van der Waals surface area contributed by atoms with E-state index in [1.165, 1.54) is 148 Å². The fraction of sp³-hybridized carbons (Fsp3) is 0.156. The predicted octanol–water partition coefficient (Wildman–Crippen LogP) is 23.6. The normalized spacial score (nSPS) is 13.2. The first-order chi connectivity index (χ1) is 45.2. The molecule has 0 aliphatic heterocycles. The average Bonchev–Trinajstić information content (AvgIpc) is 1.54. The molecule has 13 aromatic rings. The van der Waals surface area contributed by atoms with Gasteiger partial charge in [-0.05, 0) is 231 Å². The van der Waals surface area contributed by atoms with Crippen molar-refractivity contribution in [1.82, 2.24) is 4.57 Å². The van der Waals surface area contributed by atoms with Crippen LogP contribution in [0.25, 0.3) is 73.0 Å². The molecule has 0 atom stereocenters. The zero-order valence-corrected chi connectivity index (χ0v) is 53.5. The summed E-state index contributed by atoms with van der Waals surface area (Å²) in [4.78, 5) is 2.48. The number of rotatable bonds is 19. The van der Waals surface area contributed by atoms with Crippen molar-refractivity contribution in [3.05, 3.63) is 358 Å². The number of hydrogen-bond donors (Lipinski definition) is 0. The van der Waals surface area contributed by atoms with E-state index in [1.807, 2.05) is 12.2 Å². The summed E-state index contributed by atoms with van der Waals surface area (Å²) in [6.07, 6.45) is 12.5. The summed E-state index contributed by atoms with van der Waals surface area (Å²) in [5.41, 5.74) is 31.5. The molecule has 2 heteroatoms. The first-order valence-corrected chi connectivity index (χ1v) is 33.3. The molecule has 0 radical (unpaired) electrons. The van der Waals surface area contributed by atoms with Crippen molar-refractivity contribution in [1.29, 1.82) is 0 Å². The standard InChI is InChI=1S/C90H78N2/c1-7-11-19-65-35-41-73(42-36-65)91(74-43-37-66(38-44-74)20-12-8-2)75-45-49-79-80-50-46-76(58-86(80)90(85(79)57-75,71-21-15-13-16-22-71)72-23-17-14-18-24-72)92-87-51-26-61(5)53-81(87)82-55-69(40-52-88(82)92)70-39-48-78-77-47-25-62(6)54-83(77)89(84(78)56-70,59-67-31-27-63(9-3)28-32-67)60-68-33-29-64(10-4)30-34-68/h9-10,13-18,21-58H,3-4,7-8,11-12,19-20,59-60H2,1-2,5-6H3. The molecule has 0 spiro atoms. The quantitative estimate of drug-likeness (QED) is 0.0783. The lowest BCUT2D eigenvalue weighted by molar-refractivity contribution is 0.520. The molecule has 92 heavy (non-hydrogen) atoms. The Hall–Kier alpha value is -10.3. The molecule has 0 amide bonds. The second-order valence-corrected chi connectivity index (χ2v) is 26.0. The Morgan fingerprint density at radius 2 is 0.815 bits per heavy atom. The monoisotopic (exact) mass is 1190 g/mol. The molecular formula is C90H78N2. The number of unbranched alkanes of at least 4 members (excludes halogenated alkanes) is 2. The molecule has 0 bridgehead atoms. The van der Waals surface area contributed by atoms with Gasteiger partial charge < -0.3 is 9.47 Å². The summed E-state index contributed by atoms with van der Waals surface area (Å²) in [5, 5.41) is 2.48. The largest absolute Gasteiger partial charge is 0.310 e. The van der Waals surface area contributed by atoms with E-state index in [4.69, 9.17) is 0 Å². The molecule has 0 fully saturated rings. The molecule has 0 saturated heterocycles. The van der Waals surface area contributed by atoms with Crippen LogP contribution < -0.4 is 4.90 Å². The molecule has 448 valence electrons. The van der Waals surface area contributed by atoms with Crippen molar-refractivity contribution >= 4 is 51.0 Å². The molecule has 2 aliphatic carbocycles. The molecule has 15 rings (SSSR count). The fourth-order valence-electron chi connectivity index (χ4n) is 15.6. The second-order valence-electron chi connectivity index (χ2n) is 26.0. The van der Waals surface area contributed by atoms with Crippen LogP contribution in [0, 0.1) is 13.8 Å². The maximum Gasteiger partial charge on any atom is 0.0715 e. The minimum Gasteiger partial charge on any atom is -0.310 e. The van der Waals surface area contributed by atoms with E-state index >= 15 is 0 Å². The van der Waals surface area contributed by atoms with E-state index in [0.29, 0.717) is 0 Å². The van der Waals surface area contributed by atoms with E-state index < -0.39 is 5.41 Å². The zero-order valence-electron chi connectivity index (χ0n) is 53.5. The van der Waals surface area contributed by atoms with Gasteiger partial charge in [0.1, 0.15) is 0 Å². The van der Waals surface area contributed by atoms with E-state index in [1.54, 1.807) is 0 Å². The Kier molecular flexibility index (Phi) is 15.3. The molecule has 12 aromatic carbocycles. The van der Waals surface area contributed by atoms with Crippen molar-refractivity contribution in [3.63, 3.8) is 0 Å². The highest BCUT2D eigenvalue weighted by Crippen LogP contribution is 2.59. The van der Waals surface area contributed by atoms with Gasteiger partial charge in [-0.3, -0.25) is 0 Å². The van der Waals surface area contributed by atoms with Crippen LogP contribution in [0.5, 0.6) is 0 Å². The summed E-state index contributed by atoms with van der Waals surface area (Å²) < 4.78 is 2.53. The highest BCUT2D eigenvalue weighted by molar-refractivity contribution is 6.11. The van der Waals surface area contributed by atoms with Crippen LogP contribution in [-0.4, -0.2) is 4.57 Å². The number of hydrogen-bond acceptors (Lipinski definition) is 1. The van der Waals surface area contributed by atoms with Crippen LogP contribution in [0.4, 0.5) is 17.1 Å². The van der Waals surface area contributed by atoms with Gasteiger partial charge in [-0.2, -0.15) is 0 Å². The molecule has 2 aliphatic rings. The van der Waals surface area contributed by atoms with Crippen molar-refractivity contribution in [2.45, 2.75) is 89.9 Å². The number of fused-ring (bicyclic) bond motifs is 9. The zero-order chi connectivity index (χ0) is 62.5. The van der Waals surface area contributed by atoms with Gasteiger partial charge >= 0.3 is 0 Å². The smallest absolute Gasteiger partial charge is 0.0715 e. The van der Waals surface area contributed by atoms with Crippen LogP contribution >= 0.6 is 0 Å². The fourth-order valence-corrected chi connectivity index (χ4v) is 15.6. The lowest BCUT2D eigenvalue weighted by atomic mass is 9.67. The van der Waals surface area contributed by atoms with Crippen LogP contribution in [0.3, 0.4) is 0 Å². The molecular weight excluding hydrogens is 1110 g/mol. The van der Waals surface area contributed by atoms with Gasteiger partial charge in [0.05, 0.1) is 16.4 Å². The number of nitrogens with zero attached hydrogens (tertiary/aromatic N) is 2. The van der Waals surface area contributed by atoms with Crippen LogP contribution in [0.2, 0.25) is 0 Å². The van der Waals surface area contributed by atoms with Crippen molar-refractivity contribution in [2.24, 2.45) is 0 Å². The summed E-state index contributed by atoms with van der Waals surface area (Å²) in [6.45, 7) is 17.2. The molecule has 0 unspecified atom stereocenters. The lowest BCUT2D eigenvalue weighted by Gasteiger charge is -2.35. The molecule has 0 saturated carbocycles. The third-order valence-corrected chi connectivity index (χ3v) is 20.3. The molecule has 1 aromatic heterocycles. The third-order valence-electron chi connectivity index (χ3n) is 20.3. The first-order valence-electron chi connectivity index (χ1n) is 33.3. The first kappa shape index (κ1) is 58.1. The Labute approximate surface area is 544 Å². The number of benzene rings is 12. The number of aromatic nitrogens is 1. The van der Waals surface area contributed by atoms with Gasteiger partial charge in [-0.15, -0.1) is 0 Å². The predicted molar refractivity (Wildman–Crippen MR) is 392 cm³/mol. The number of anilines is 3. The van der Waals surface area contributed by atoms with Gasteiger partial charge in [0.15, 0.2) is 0 Å². The Morgan fingerprint density at radius 3 is 1.38 bits per heavy atom. The maximum absolute atomic E-state index is 4.08. The number of aryl methyl sites for hydroxylation is 4. The van der Waals surface area contributed by atoms with Gasteiger partial charge in [-0.25, -0.2) is 0 Å².